The van der Waals surface area contributed by atoms with Gasteiger partial charge in [-0.25, -0.2) is 0 Å². The van der Waals surface area contributed by atoms with Gasteiger partial charge < -0.3 is 10.2 Å². The van der Waals surface area contributed by atoms with Crippen LogP contribution in [0.25, 0.3) is 21.9 Å². The molecule has 0 bridgehead atoms. The number of pyridine rings is 1. The first-order valence-corrected chi connectivity index (χ1v) is 10.6. The minimum absolute atomic E-state index is 0. The first-order chi connectivity index (χ1) is 14.1. The van der Waals surface area contributed by atoms with Crippen molar-refractivity contribution in [2.45, 2.75) is 26.2 Å². The van der Waals surface area contributed by atoms with Crippen LogP contribution in [0, 0.1) is 12.3 Å². The topological polar surface area (TPSA) is 45.2 Å². The predicted molar refractivity (Wildman–Crippen MR) is 131 cm³/mol. The standard InChI is InChI=1S/C25H27N3O.2ClH/c1-18-12-21(15-27-14-18)22-5-2-4-19-13-20(6-7-23(19)22)24(29)28-11-3-8-25(17-28)9-10-26-16-25;;/h2,4-7,12-15,26H,3,8-11,16-17H2,1H3;2*1H. The van der Waals surface area contributed by atoms with Crippen LogP contribution in [-0.2, 0) is 0 Å². The molecule has 5 rings (SSSR count). The van der Waals surface area contributed by atoms with E-state index < -0.39 is 0 Å². The van der Waals surface area contributed by atoms with E-state index in [1.807, 2.05) is 18.5 Å². The third-order valence-electron chi connectivity index (χ3n) is 6.59. The van der Waals surface area contributed by atoms with Crippen molar-refractivity contribution in [3.05, 3.63) is 66.0 Å². The number of nitrogens with zero attached hydrogens (tertiary/aromatic N) is 2. The minimum atomic E-state index is 0. The second kappa shape index (κ2) is 9.56. The zero-order valence-corrected chi connectivity index (χ0v) is 19.4. The zero-order valence-electron chi connectivity index (χ0n) is 17.8. The van der Waals surface area contributed by atoms with Crippen LogP contribution in [-0.4, -0.2) is 42.0 Å². The summed E-state index contributed by atoms with van der Waals surface area (Å²) in [5, 5.41) is 5.75. The largest absolute Gasteiger partial charge is 0.338 e. The summed E-state index contributed by atoms with van der Waals surface area (Å²) in [7, 11) is 0. The van der Waals surface area contributed by atoms with Gasteiger partial charge in [0.1, 0.15) is 0 Å². The summed E-state index contributed by atoms with van der Waals surface area (Å²) in [4.78, 5) is 19.7. The van der Waals surface area contributed by atoms with Crippen LogP contribution in [0.1, 0.15) is 35.2 Å². The number of carbonyl (C=O) groups is 1. The molecule has 1 atom stereocenters. The molecule has 2 saturated heterocycles. The van der Waals surface area contributed by atoms with Crippen molar-refractivity contribution in [3.63, 3.8) is 0 Å². The first kappa shape index (κ1) is 23.5. The normalized spacial score (nSPS) is 20.4. The van der Waals surface area contributed by atoms with E-state index in [-0.39, 0.29) is 36.1 Å². The monoisotopic (exact) mass is 457 g/mol. The minimum Gasteiger partial charge on any atom is -0.338 e. The highest BCUT2D eigenvalue weighted by Gasteiger charge is 2.39. The molecular formula is C25H29Cl2N3O. The molecule has 1 amide bonds. The molecule has 1 spiro atoms. The molecule has 0 saturated carbocycles. The number of halogens is 2. The number of amides is 1. The first-order valence-electron chi connectivity index (χ1n) is 10.6. The Labute approximate surface area is 196 Å². The van der Waals surface area contributed by atoms with Gasteiger partial charge in [0, 0.05) is 48.6 Å². The average Bonchev–Trinajstić information content (AvgIpc) is 3.19. The third kappa shape index (κ3) is 4.57. The van der Waals surface area contributed by atoms with Crippen molar-refractivity contribution in [2.24, 2.45) is 5.41 Å². The van der Waals surface area contributed by atoms with Gasteiger partial charge in [0.25, 0.3) is 5.91 Å². The molecule has 2 aliphatic rings. The summed E-state index contributed by atoms with van der Waals surface area (Å²) < 4.78 is 0. The van der Waals surface area contributed by atoms with Gasteiger partial charge in [-0.2, -0.15) is 0 Å². The maximum Gasteiger partial charge on any atom is 0.253 e. The van der Waals surface area contributed by atoms with E-state index in [2.05, 4.69) is 58.5 Å². The highest BCUT2D eigenvalue weighted by Crippen LogP contribution is 2.36. The maximum absolute atomic E-state index is 13.3. The summed E-state index contributed by atoms with van der Waals surface area (Å²) in [6.45, 7) is 5.93. The smallest absolute Gasteiger partial charge is 0.253 e. The molecular weight excluding hydrogens is 429 g/mol. The van der Waals surface area contributed by atoms with E-state index in [1.165, 1.54) is 12.8 Å². The summed E-state index contributed by atoms with van der Waals surface area (Å²) in [5.41, 5.74) is 4.50. The number of rotatable bonds is 2. The number of benzene rings is 2. The lowest BCUT2D eigenvalue weighted by Gasteiger charge is -2.40. The van der Waals surface area contributed by atoms with Gasteiger partial charge in [-0.3, -0.25) is 9.78 Å². The number of hydrogen-bond acceptors (Lipinski definition) is 3. The number of fused-ring (bicyclic) bond motifs is 1. The Morgan fingerprint density at radius 3 is 2.74 bits per heavy atom. The van der Waals surface area contributed by atoms with E-state index in [9.17, 15) is 4.79 Å². The second-order valence-corrected chi connectivity index (χ2v) is 8.75. The highest BCUT2D eigenvalue weighted by molar-refractivity contribution is 6.02. The van der Waals surface area contributed by atoms with Crippen molar-refractivity contribution < 1.29 is 4.79 Å². The summed E-state index contributed by atoms with van der Waals surface area (Å²) in [6.07, 6.45) is 7.30. The summed E-state index contributed by atoms with van der Waals surface area (Å²) in [5.74, 6) is 0.167. The molecule has 0 aliphatic carbocycles. The third-order valence-corrected chi connectivity index (χ3v) is 6.59. The number of likely N-dealkylation sites (tertiary alicyclic amines) is 1. The molecule has 164 valence electrons. The van der Waals surface area contributed by atoms with Gasteiger partial charge in [0.2, 0.25) is 0 Å². The SMILES string of the molecule is Cc1cncc(-c2cccc3cc(C(=O)N4CCCC5(CCNC5)C4)ccc23)c1.Cl.Cl. The van der Waals surface area contributed by atoms with Crippen molar-refractivity contribution in [1.29, 1.82) is 0 Å². The van der Waals surface area contributed by atoms with Crippen LogP contribution in [0.2, 0.25) is 0 Å². The summed E-state index contributed by atoms with van der Waals surface area (Å²) in [6, 6.07) is 14.6. The Bertz CT molecular complexity index is 1080. The Hall–Kier alpha value is -2.14. The van der Waals surface area contributed by atoms with Gasteiger partial charge >= 0.3 is 0 Å². The highest BCUT2D eigenvalue weighted by atomic mass is 35.5. The molecule has 0 radical (unpaired) electrons. The number of carbonyl (C=O) groups excluding carboxylic acids is 1. The van der Waals surface area contributed by atoms with E-state index in [1.54, 1.807) is 0 Å². The summed E-state index contributed by atoms with van der Waals surface area (Å²) >= 11 is 0. The number of hydrogen-bond donors (Lipinski definition) is 1. The molecule has 3 aromatic rings. The van der Waals surface area contributed by atoms with Crippen LogP contribution in [0.15, 0.2) is 54.9 Å². The van der Waals surface area contributed by atoms with Gasteiger partial charge in [0.05, 0.1) is 0 Å². The molecule has 31 heavy (non-hydrogen) atoms. The Kier molecular flexibility index (Phi) is 7.25. The zero-order chi connectivity index (χ0) is 19.8. The number of nitrogens with one attached hydrogen (secondary N) is 1. The van der Waals surface area contributed by atoms with Crippen LogP contribution >= 0.6 is 24.8 Å². The van der Waals surface area contributed by atoms with Crippen molar-refractivity contribution in [2.75, 3.05) is 26.2 Å². The quantitative estimate of drug-likeness (QED) is 0.569. The molecule has 1 N–H and O–H groups in total. The lowest BCUT2D eigenvalue weighted by Crippen LogP contribution is -2.47. The van der Waals surface area contributed by atoms with Crippen molar-refractivity contribution in [3.8, 4) is 11.1 Å². The molecule has 1 aromatic heterocycles. The molecule has 3 heterocycles. The van der Waals surface area contributed by atoms with E-state index in [0.29, 0.717) is 0 Å². The van der Waals surface area contributed by atoms with Crippen LogP contribution in [0.5, 0.6) is 0 Å². The van der Waals surface area contributed by atoms with E-state index >= 15 is 0 Å². The molecule has 2 aliphatic heterocycles. The van der Waals surface area contributed by atoms with Gasteiger partial charge in [-0.1, -0.05) is 24.3 Å². The maximum atomic E-state index is 13.3. The fraction of sp³-hybridized carbons (Fsp3) is 0.360. The molecule has 2 fully saturated rings. The average molecular weight is 458 g/mol. The lowest BCUT2D eigenvalue weighted by molar-refractivity contribution is 0.0553. The fourth-order valence-electron chi connectivity index (χ4n) is 5.08. The van der Waals surface area contributed by atoms with Gasteiger partial charge in [-0.15, -0.1) is 24.8 Å². The van der Waals surface area contributed by atoms with Crippen LogP contribution < -0.4 is 5.32 Å². The Morgan fingerprint density at radius 1 is 1.10 bits per heavy atom. The lowest BCUT2D eigenvalue weighted by atomic mass is 9.79. The van der Waals surface area contributed by atoms with Crippen molar-refractivity contribution in [1.82, 2.24) is 15.2 Å². The van der Waals surface area contributed by atoms with Gasteiger partial charge in [0.15, 0.2) is 0 Å². The number of aryl methyl sites for hydroxylation is 1. The molecule has 2 aromatic carbocycles. The number of piperidine rings is 1. The molecule has 4 nitrogen and oxygen atoms in total. The predicted octanol–water partition coefficient (Wildman–Crippen LogP) is 5.27. The van der Waals surface area contributed by atoms with Crippen LogP contribution in [0.3, 0.4) is 0 Å². The van der Waals surface area contributed by atoms with E-state index in [0.717, 1.165) is 65.6 Å². The second-order valence-electron chi connectivity index (χ2n) is 8.75. The fourth-order valence-corrected chi connectivity index (χ4v) is 5.08. The van der Waals surface area contributed by atoms with Gasteiger partial charge in [-0.05, 0) is 72.8 Å². The Balaban J connectivity index is 0.00000136. The van der Waals surface area contributed by atoms with Crippen LogP contribution in [0.4, 0.5) is 0 Å². The molecule has 1 unspecified atom stereocenters. The number of aromatic nitrogens is 1. The van der Waals surface area contributed by atoms with Crippen molar-refractivity contribution >= 4 is 41.5 Å². The van der Waals surface area contributed by atoms with E-state index in [4.69, 9.17) is 0 Å². The molecule has 6 heteroatoms. The Morgan fingerprint density at radius 2 is 1.97 bits per heavy atom.